The molecule has 1 aromatic heterocycles. The van der Waals surface area contributed by atoms with Crippen LogP contribution in [0.15, 0.2) is 41.9 Å². The number of urea groups is 1. The number of hydrogen-bond donors (Lipinski definition) is 2. The van der Waals surface area contributed by atoms with Crippen molar-refractivity contribution in [1.29, 1.82) is 0 Å². The van der Waals surface area contributed by atoms with Crippen LogP contribution in [0, 0.1) is 11.6 Å². The molecule has 0 aliphatic carbocycles. The summed E-state index contributed by atoms with van der Waals surface area (Å²) in [6.45, 7) is 0.497. The van der Waals surface area contributed by atoms with Crippen LogP contribution in [0.3, 0.4) is 0 Å². The van der Waals surface area contributed by atoms with Crippen LogP contribution in [-0.2, 0) is 26.2 Å². The number of benzene rings is 2. The SMILES string of the molecule is CN(C(=O)[C@H](Cc1cc(F)cc(F)c1)NC(=O)NS(=O)(=O)N1CCOCC1)c1ccc2scnc2c1. The Morgan fingerprint density at radius 3 is 2.56 bits per heavy atom. The molecule has 1 atom stereocenters. The number of thiazole rings is 1. The van der Waals surface area contributed by atoms with Crippen LogP contribution >= 0.6 is 11.3 Å². The van der Waals surface area contributed by atoms with Gasteiger partial charge in [0.1, 0.15) is 17.7 Å². The lowest BCUT2D eigenvalue weighted by molar-refractivity contribution is -0.120. The number of nitrogens with one attached hydrogen (secondary N) is 2. The van der Waals surface area contributed by atoms with E-state index in [1.807, 2.05) is 4.72 Å². The Bertz CT molecular complexity index is 1360. The summed E-state index contributed by atoms with van der Waals surface area (Å²) in [5.41, 5.74) is 2.91. The van der Waals surface area contributed by atoms with E-state index in [0.717, 1.165) is 21.1 Å². The van der Waals surface area contributed by atoms with Crippen LogP contribution in [0.25, 0.3) is 10.2 Å². The number of anilines is 1. The second-order valence-electron chi connectivity index (χ2n) is 8.03. The van der Waals surface area contributed by atoms with E-state index in [4.69, 9.17) is 4.74 Å². The Morgan fingerprint density at radius 1 is 1.17 bits per heavy atom. The standard InChI is InChI=1S/C22H23F2N5O5S2/c1-28(17-2-3-20-18(12-17)25-13-35-20)21(30)19(10-14-8-15(23)11-16(24)9-14)26-22(31)27-36(32,33)29-4-6-34-7-5-29/h2-3,8-9,11-13,19H,4-7,10H2,1H3,(H2,26,27,31)/t19-/m0/s1. The van der Waals surface area contributed by atoms with Gasteiger partial charge in [0.2, 0.25) is 5.91 Å². The Morgan fingerprint density at radius 2 is 1.86 bits per heavy atom. The molecule has 0 saturated carbocycles. The highest BCUT2D eigenvalue weighted by Gasteiger charge is 2.30. The van der Waals surface area contributed by atoms with Crippen molar-refractivity contribution in [2.45, 2.75) is 12.5 Å². The molecule has 2 heterocycles. The number of likely N-dealkylation sites (N-methyl/N-ethyl adjacent to an activating group) is 1. The van der Waals surface area contributed by atoms with E-state index in [-0.39, 0.29) is 38.3 Å². The zero-order chi connectivity index (χ0) is 25.9. The van der Waals surface area contributed by atoms with E-state index in [0.29, 0.717) is 17.3 Å². The van der Waals surface area contributed by atoms with Crippen molar-refractivity contribution in [1.82, 2.24) is 19.3 Å². The highest BCUT2D eigenvalue weighted by Crippen LogP contribution is 2.24. The first-order valence-electron chi connectivity index (χ1n) is 10.8. The second-order valence-corrected chi connectivity index (χ2v) is 10.6. The lowest BCUT2D eigenvalue weighted by Gasteiger charge is -2.27. The van der Waals surface area contributed by atoms with Gasteiger partial charge in [-0.1, -0.05) is 0 Å². The Labute approximate surface area is 210 Å². The minimum atomic E-state index is -4.19. The van der Waals surface area contributed by atoms with Gasteiger partial charge in [-0.2, -0.15) is 12.7 Å². The van der Waals surface area contributed by atoms with Crippen molar-refractivity contribution in [3.8, 4) is 0 Å². The molecule has 1 fully saturated rings. The zero-order valence-electron chi connectivity index (χ0n) is 19.1. The molecule has 10 nitrogen and oxygen atoms in total. The van der Waals surface area contributed by atoms with Gasteiger partial charge >= 0.3 is 16.2 Å². The third kappa shape index (κ3) is 6.13. The fourth-order valence-electron chi connectivity index (χ4n) is 3.74. The van der Waals surface area contributed by atoms with E-state index in [1.165, 1.54) is 23.3 Å². The Hall–Kier alpha value is -3.20. The number of rotatable bonds is 7. The first kappa shape index (κ1) is 25.9. The first-order chi connectivity index (χ1) is 17.1. The number of halogens is 2. The highest BCUT2D eigenvalue weighted by molar-refractivity contribution is 7.87. The largest absolute Gasteiger partial charge is 0.379 e. The monoisotopic (exact) mass is 539 g/mol. The Balaban J connectivity index is 1.56. The molecule has 3 amide bonds. The summed E-state index contributed by atoms with van der Waals surface area (Å²) in [6, 6.07) is 5.43. The summed E-state index contributed by atoms with van der Waals surface area (Å²) >= 11 is 1.43. The van der Waals surface area contributed by atoms with E-state index >= 15 is 0 Å². The molecule has 3 aromatic rings. The van der Waals surface area contributed by atoms with Crippen molar-refractivity contribution in [3.63, 3.8) is 0 Å². The molecular weight excluding hydrogens is 516 g/mol. The topological polar surface area (TPSA) is 121 Å². The van der Waals surface area contributed by atoms with E-state index < -0.39 is 39.8 Å². The molecule has 1 aliphatic heterocycles. The van der Waals surface area contributed by atoms with Gasteiger partial charge in [0.25, 0.3) is 0 Å². The molecule has 2 aromatic carbocycles. The van der Waals surface area contributed by atoms with Crippen molar-refractivity contribution >= 4 is 49.4 Å². The minimum Gasteiger partial charge on any atom is -0.379 e. The maximum atomic E-state index is 13.8. The Kier molecular flexibility index (Phi) is 7.78. The maximum Gasteiger partial charge on any atom is 0.330 e. The van der Waals surface area contributed by atoms with Crippen molar-refractivity contribution in [2.75, 3.05) is 38.3 Å². The summed E-state index contributed by atoms with van der Waals surface area (Å²) in [4.78, 5) is 31.5. The summed E-state index contributed by atoms with van der Waals surface area (Å²) in [5, 5.41) is 2.35. The number of carbonyl (C=O) groups excluding carboxylic acids is 2. The molecule has 0 unspecified atom stereocenters. The van der Waals surface area contributed by atoms with Crippen LogP contribution in [0.1, 0.15) is 5.56 Å². The molecule has 4 rings (SSSR count). The molecule has 14 heteroatoms. The molecule has 192 valence electrons. The maximum absolute atomic E-state index is 13.8. The van der Waals surface area contributed by atoms with Crippen molar-refractivity contribution < 1.29 is 31.5 Å². The molecule has 36 heavy (non-hydrogen) atoms. The number of ether oxygens (including phenoxy) is 1. The first-order valence-corrected chi connectivity index (χ1v) is 13.2. The third-order valence-electron chi connectivity index (χ3n) is 5.53. The van der Waals surface area contributed by atoms with Crippen molar-refractivity contribution in [3.05, 3.63) is 59.1 Å². The average Bonchev–Trinajstić information content (AvgIpc) is 3.30. The lowest BCUT2D eigenvalue weighted by atomic mass is 10.0. The number of amides is 3. The summed E-state index contributed by atoms with van der Waals surface area (Å²) in [6.07, 6.45) is -0.290. The molecular formula is C22H23F2N5O5S2. The van der Waals surface area contributed by atoms with Crippen LogP contribution in [-0.4, -0.2) is 69.0 Å². The molecule has 0 bridgehead atoms. The summed E-state index contributed by atoms with van der Waals surface area (Å²) in [5.74, 6) is -2.33. The molecule has 2 N–H and O–H groups in total. The number of aromatic nitrogens is 1. The van der Waals surface area contributed by atoms with Gasteiger partial charge in [0, 0.05) is 38.3 Å². The summed E-state index contributed by atoms with van der Waals surface area (Å²) in [7, 11) is -2.72. The number of carbonyl (C=O) groups is 2. The van der Waals surface area contributed by atoms with Crippen molar-refractivity contribution in [2.24, 2.45) is 0 Å². The highest BCUT2D eigenvalue weighted by atomic mass is 32.2. The fraction of sp³-hybridized carbons (Fsp3) is 0.318. The third-order valence-corrected chi connectivity index (χ3v) is 7.83. The normalized spacial score (nSPS) is 15.4. The van der Waals surface area contributed by atoms with E-state index in [1.54, 1.807) is 23.7 Å². The minimum absolute atomic E-state index is 0.0649. The van der Waals surface area contributed by atoms with Gasteiger partial charge in [-0.15, -0.1) is 11.3 Å². The number of hydrogen-bond acceptors (Lipinski definition) is 7. The second kappa shape index (κ2) is 10.8. The average molecular weight is 540 g/mol. The predicted octanol–water partition coefficient (Wildman–Crippen LogP) is 2.02. The predicted molar refractivity (Wildman–Crippen MR) is 130 cm³/mol. The molecule has 0 spiro atoms. The number of morpholine rings is 1. The van der Waals surface area contributed by atoms with Gasteiger partial charge in [0.15, 0.2) is 0 Å². The van der Waals surface area contributed by atoms with Gasteiger partial charge in [-0.3, -0.25) is 4.79 Å². The van der Waals surface area contributed by atoms with Gasteiger partial charge in [-0.05, 0) is 35.9 Å². The van der Waals surface area contributed by atoms with E-state index in [9.17, 15) is 26.8 Å². The number of fused-ring (bicyclic) bond motifs is 1. The smallest absolute Gasteiger partial charge is 0.330 e. The van der Waals surface area contributed by atoms with Gasteiger partial charge in [0.05, 0.1) is 28.9 Å². The van der Waals surface area contributed by atoms with E-state index in [2.05, 4.69) is 10.3 Å². The van der Waals surface area contributed by atoms with Gasteiger partial charge in [-0.25, -0.2) is 23.3 Å². The van der Waals surface area contributed by atoms with Crippen LogP contribution in [0.4, 0.5) is 19.3 Å². The fourth-order valence-corrected chi connectivity index (χ4v) is 5.45. The zero-order valence-corrected chi connectivity index (χ0v) is 20.7. The molecule has 0 radical (unpaired) electrons. The lowest BCUT2D eigenvalue weighted by Crippen LogP contribution is -2.55. The van der Waals surface area contributed by atoms with Crippen LogP contribution in [0.2, 0.25) is 0 Å². The van der Waals surface area contributed by atoms with Crippen LogP contribution in [0.5, 0.6) is 0 Å². The van der Waals surface area contributed by atoms with Gasteiger partial charge < -0.3 is 15.0 Å². The quantitative estimate of drug-likeness (QED) is 0.474. The summed E-state index contributed by atoms with van der Waals surface area (Å²) < 4.78 is 61.6. The molecule has 1 saturated heterocycles. The number of nitrogens with zero attached hydrogens (tertiary/aromatic N) is 3. The van der Waals surface area contributed by atoms with Crippen LogP contribution < -0.4 is 14.9 Å². The molecule has 1 aliphatic rings.